The molecule has 0 saturated carbocycles. The number of hydrogen-bond donors (Lipinski definition) is 2. The Balaban J connectivity index is 1.08. The highest BCUT2D eigenvalue weighted by Gasteiger charge is 2.47. The Morgan fingerprint density at radius 2 is 2.05 bits per heavy atom. The number of anilines is 2. The monoisotopic (exact) mass is 542 g/mol. The lowest BCUT2D eigenvalue weighted by atomic mass is 9.73. The van der Waals surface area contributed by atoms with E-state index in [9.17, 15) is 10.4 Å². The quantitative estimate of drug-likeness (QED) is 0.503. The van der Waals surface area contributed by atoms with Gasteiger partial charge in [-0.25, -0.2) is 15.0 Å². The Hall–Kier alpha value is -3.46. The topological polar surface area (TPSA) is 137 Å². The van der Waals surface area contributed by atoms with Crippen LogP contribution in [0.15, 0.2) is 46.7 Å². The van der Waals surface area contributed by atoms with Gasteiger partial charge in [-0.15, -0.1) is 0 Å². The second-order valence-electron chi connectivity index (χ2n) is 10.9. The summed E-state index contributed by atoms with van der Waals surface area (Å²) < 4.78 is 6.13. The highest BCUT2D eigenvalue weighted by molar-refractivity contribution is 7.99. The fourth-order valence-electron chi connectivity index (χ4n) is 6.69. The average molecular weight is 543 g/mol. The molecule has 0 radical (unpaired) electrons. The van der Waals surface area contributed by atoms with Crippen molar-refractivity contribution in [3.05, 3.63) is 53.7 Å². The van der Waals surface area contributed by atoms with E-state index in [1.165, 1.54) is 17.3 Å². The maximum Gasteiger partial charge on any atom is 0.175 e. The molecule has 39 heavy (non-hydrogen) atoms. The van der Waals surface area contributed by atoms with Gasteiger partial charge in [0.15, 0.2) is 17.4 Å². The second-order valence-corrected chi connectivity index (χ2v) is 12.0. The number of aliphatic hydroxyl groups excluding tert-OH is 1. The first-order valence-corrected chi connectivity index (χ1v) is 14.3. The molecule has 0 aromatic carbocycles. The molecule has 3 aromatic heterocycles. The molecule has 0 bridgehead atoms. The van der Waals surface area contributed by atoms with Crippen LogP contribution in [-0.2, 0) is 13.0 Å². The number of nitrogens with two attached hydrogens (primary N) is 1. The number of aliphatic hydroxyl groups is 1. The summed E-state index contributed by atoms with van der Waals surface area (Å²) in [5, 5.41) is 20.3. The molecule has 11 heteroatoms. The zero-order chi connectivity index (χ0) is 26.6. The number of nitriles is 1. The lowest BCUT2D eigenvalue weighted by Crippen LogP contribution is -2.45. The fourth-order valence-corrected chi connectivity index (χ4v) is 7.55. The third-order valence-electron chi connectivity index (χ3n) is 8.80. The van der Waals surface area contributed by atoms with Crippen LogP contribution in [0, 0.1) is 22.7 Å². The highest BCUT2D eigenvalue weighted by atomic mass is 32.2. The van der Waals surface area contributed by atoms with Crippen LogP contribution in [0.5, 0.6) is 5.75 Å². The summed E-state index contributed by atoms with van der Waals surface area (Å²) in [6.45, 7) is 2.64. The van der Waals surface area contributed by atoms with Gasteiger partial charge in [-0.05, 0) is 48.8 Å². The van der Waals surface area contributed by atoms with Crippen molar-refractivity contribution in [2.75, 3.05) is 36.0 Å². The number of fused-ring (bicyclic) bond motifs is 4. The van der Waals surface area contributed by atoms with Crippen molar-refractivity contribution in [3.63, 3.8) is 0 Å². The van der Waals surface area contributed by atoms with Gasteiger partial charge >= 0.3 is 0 Å². The molecule has 3 aliphatic heterocycles. The largest absolute Gasteiger partial charge is 0.486 e. The molecule has 10 nitrogen and oxygen atoms in total. The van der Waals surface area contributed by atoms with Gasteiger partial charge in [0.1, 0.15) is 17.3 Å². The van der Waals surface area contributed by atoms with E-state index in [4.69, 9.17) is 20.4 Å². The molecule has 200 valence electrons. The minimum Gasteiger partial charge on any atom is -0.486 e. The fraction of sp³-hybridized carbons (Fsp3) is 0.464. The Kier molecular flexibility index (Phi) is 6.06. The summed E-state index contributed by atoms with van der Waals surface area (Å²) >= 11 is 1.45. The number of hydrogen-bond acceptors (Lipinski definition) is 11. The van der Waals surface area contributed by atoms with Gasteiger partial charge in [-0.2, -0.15) is 5.26 Å². The molecule has 3 aromatic rings. The van der Waals surface area contributed by atoms with E-state index in [-0.39, 0.29) is 30.0 Å². The molecule has 2 unspecified atom stereocenters. The number of piperidine rings is 1. The van der Waals surface area contributed by atoms with E-state index in [1.54, 1.807) is 12.4 Å². The second kappa shape index (κ2) is 9.62. The van der Waals surface area contributed by atoms with E-state index in [1.807, 2.05) is 18.3 Å². The van der Waals surface area contributed by atoms with E-state index in [2.05, 4.69) is 31.9 Å². The Bertz CT molecular complexity index is 1450. The van der Waals surface area contributed by atoms with Crippen molar-refractivity contribution in [2.45, 2.75) is 54.3 Å². The first kappa shape index (κ1) is 24.6. The first-order chi connectivity index (χ1) is 19.1. The molecule has 7 rings (SSSR count). The summed E-state index contributed by atoms with van der Waals surface area (Å²) in [6, 6.07) is 8.56. The van der Waals surface area contributed by atoms with Gasteiger partial charge in [0, 0.05) is 43.8 Å². The number of aromatic nitrogens is 4. The summed E-state index contributed by atoms with van der Waals surface area (Å²) in [7, 11) is 0. The molecule has 4 aliphatic rings. The summed E-state index contributed by atoms with van der Waals surface area (Å²) in [4.78, 5) is 24.0. The van der Waals surface area contributed by atoms with Crippen LogP contribution in [0.3, 0.4) is 0 Å². The standard InChI is InChI=1S/C28H30N8O2S/c29-12-17-10-18-16-38-24-22(3-7-32-27(24)36(18)14-17)39-23-13-33-26(21(15-37)34-23)35-8-4-28(5-9-35)11-20-19(25(28)30)2-1-6-31-20/h1-3,6-7,13,17-18,25,37H,4-5,8-11,14-16,30H2/t17?,18?,25-/m1/s1. The summed E-state index contributed by atoms with van der Waals surface area (Å²) in [5.74, 6) is 2.23. The van der Waals surface area contributed by atoms with Crippen molar-refractivity contribution < 1.29 is 9.84 Å². The van der Waals surface area contributed by atoms with Crippen molar-refractivity contribution in [3.8, 4) is 11.8 Å². The van der Waals surface area contributed by atoms with E-state index in [0.717, 1.165) is 66.7 Å². The predicted molar refractivity (Wildman–Crippen MR) is 145 cm³/mol. The van der Waals surface area contributed by atoms with Crippen LogP contribution < -0.4 is 20.3 Å². The van der Waals surface area contributed by atoms with Gasteiger partial charge < -0.3 is 25.4 Å². The maximum absolute atomic E-state index is 10.2. The van der Waals surface area contributed by atoms with Gasteiger partial charge in [0.2, 0.25) is 0 Å². The average Bonchev–Trinajstić information content (AvgIpc) is 3.53. The van der Waals surface area contributed by atoms with Crippen LogP contribution in [0.2, 0.25) is 0 Å². The summed E-state index contributed by atoms with van der Waals surface area (Å²) in [5.41, 5.74) is 9.62. The Morgan fingerprint density at radius 1 is 1.18 bits per heavy atom. The van der Waals surface area contributed by atoms with Gasteiger partial charge in [-0.3, -0.25) is 4.98 Å². The van der Waals surface area contributed by atoms with Crippen LogP contribution in [0.4, 0.5) is 11.6 Å². The molecule has 2 fully saturated rings. The van der Waals surface area contributed by atoms with Gasteiger partial charge in [0.05, 0.1) is 35.7 Å². The minimum atomic E-state index is -0.191. The molecule has 3 atom stereocenters. The van der Waals surface area contributed by atoms with Crippen molar-refractivity contribution >= 4 is 23.4 Å². The number of nitrogens with zero attached hydrogens (tertiary/aromatic N) is 7. The number of ether oxygens (including phenoxy) is 1. The highest BCUT2D eigenvalue weighted by Crippen LogP contribution is 2.50. The van der Waals surface area contributed by atoms with Crippen molar-refractivity contribution in [1.29, 1.82) is 5.26 Å². The molecule has 1 spiro atoms. The summed E-state index contributed by atoms with van der Waals surface area (Å²) in [6.07, 6.45) is 8.99. The van der Waals surface area contributed by atoms with E-state index in [0.29, 0.717) is 23.9 Å². The van der Waals surface area contributed by atoms with E-state index >= 15 is 0 Å². The lowest BCUT2D eigenvalue weighted by molar-refractivity contribution is 0.186. The van der Waals surface area contributed by atoms with Crippen LogP contribution in [0.25, 0.3) is 0 Å². The third-order valence-corrected chi connectivity index (χ3v) is 9.75. The maximum atomic E-state index is 10.2. The molecule has 1 aliphatic carbocycles. The Labute approximate surface area is 231 Å². The van der Waals surface area contributed by atoms with Crippen LogP contribution in [0.1, 0.15) is 42.3 Å². The normalized spacial score (nSPS) is 24.6. The molecule has 2 saturated heterocycles. The first-order valence-electron chi connectivity index (χ1n) is 13.5. The predicted octanol–water partition coefficient (Wildman–Crippen LogP) is 2.86. The molecule has 6 heterocycles. The molecular weight excluding hydrogens is 512 g/mol. The van der Waals surface area contributed by atoms with Crippen molar-refractivity contribution in [1.82, 2.24) is 19.9 Å². The zero-order valence-corrected chi connectivity index (χ0v) is 22.3. The SMILES string of the molecule is N#CC1CC2COc3c(Sc4cnc(N5CCC6(CC5)Cc5ncccc5[C@H]6N)c(CO)n4)ccnc3N2C1. The zero-order valence-electron chi connectivity index (χ0n) is 21.5. The molecule has 0 amide bonds. The number of pyridine rings is 2. The van der Waals surface area contributed by atoms with Crippen LogP contribution in [-0.4, -0.2) is 57.3 Å². The van der Waals surface area contributed by atoms with Gasteiger partial charge in [0.25, 0.3) is 0 Å². The third kappa shape index (κ3) is 4.09. The Morgan fingerprint density at radius 3 is 2.85 bits per heavy atom. The van der Waals surface area contributed by atoms with E-state index < -0.39 is 0 Å². The van der Waals surface area contributed by atoms with Crippen LogP contribution >= 0.6 is 11.8 Å². The van der Waals surface area contributed by atoms with Crippen molar-refractivity contribution in [2.24, 2.45) is 17.1 Å². The number of rotatable bonds is 4. The minimum absolute atomic E-state index is 0.000609. The van der Waals surface area contributed by atoms with Gasteiger partial charge in [-0.1, -0.05) is 17.8 Å². The molecule has 3 N–H and O–H groups in total. The molecular formula is C28H30N8O2S. The smallest absolute Gasteiger partial charge is 0.175 e. The lowest BCUT2D eigenvalue weighted by Gasteiger charge is -2.42.